The summed E-state index contributed by atoms with van der Waals surface area (Å²) in [7, 11) is 0. The molecule has 1 aliphatic carbocycles. The molecule has 0 N–H and O–H groups in total. The summed E-state index contributed by atoms with van der Waals surface area (Å²) >= 11 is 3.17. The average Bonchev–Trinajstić information content (AvgIpc) is 2.45. The Balaban J connectivity index is 2.51. The highest BCUT2D eigenvalue weighted by Crippen LogP contribution is 2.40. The summed E-state index contributed by atoms with van der Waals surface area (Å²) in [4.78, 5) is 3.82. The van der Waals surface area contributed by atoms with Crippen LogP contribution in [0.15, 0.2) is 22.9 Å². The number of hydrogen-bond donors (Lipinski definition) is 0. The fourth-order valence-corrected chi connectivity index (χ4v) is 1.09. The van der Waals surface area contributed by atoms with E-state index >= 15 is 0 Å². The van der Waals surface area contributed by atoms with Gasteiger partial charge in [-0.3, -0.25) is 4.98 Å². The van der Waals surface area contributed by atoms with Gasteiger partial charge in [-0.2, -0.15) is 0 Å². The maximum absolute atomic E-state index is 7.88. The molecule has 1 saturated carbocycles. The molecule has 0 unspecified atom stereocenters. The molecule has 1 nitrogen and oxygen atoms in total. The van der Waals surface area contributed by atoms with Crippen molar-refractivity contribution in [2.75, 3.05) is 0 Å². The van der Waals surface area contributed by atoms with Crippen LogP contribution < -0.4 is 0 Å². The Kier molecular flexibility index (Phi) is 0.689. The third-order valence-electron chi connectivity index (χ3n) is 1.24. The third kappa shape index (κ3) is 1.21. The summed E-state index contributed by atoms with van der Waals surface area (Å²) in [5.41, 5.74) is 0.256. The van der Waals surface area contributed by atoms with Gasteiger partial charge in [-0.05, 0) is 46.2 Å². The first-order valence-electron chi connectivity index (χ1n) is 5.36. The number of aromatic nitrogens is 1. The topological polar surface area (TPSA) is 12.9 Å². The first-order valence-corrected chi connectivity index (χ1v) is 3.65. The van der Waals surface area contributed by atoms with Gasteiger partial charge in [-0.1, -0.05) is 0 Å². The second kappa shape index (κ2) is 2.35. The molecule has 1 aromatic rings. The van der Waals surface area contributed by atoms with Crippen LogP contribution in [0.5, 0.6) is 0 Å². The SMILES string of the molecule is [2H]C1([2H])C([2H])([2H])C1([2H])c1cncc(Br)c1. The summed E-state index contributed by atoms with van der Waals surface area (Å²) in [5, 5.41) is 0. The van der Waals surface area contributed by atoms with Gasteiger partial charge in [0.1, 0.15) is 0 Å². The van der Waals surface area contributed by atoms with Crippen LogP contribution >= 0.6 is 15.9 Å². The van der Waals surface area contributed by atoms with Gasteiger partial charge < -0.3 is 0 Å². The summed E-state index contributed by atoms with van der Waals surface area (Å²) in [6.45, 7) is 0. The molecule has 0 aliphatic heterocycles. The number of pyridine rings is 1. The molecule has 1 fully saturated rings. The van der Waals surface area contributed by atoms with Crippen molar-refractivity contribution in [2.24, 2.45) is 0 Å². The molecule has 0 bridgehead atoms. The average molecular weight is 203 g/mol. The monoisotopic (exact) mass is 202 g/mol. The Bertz CT molecular complexity index is 405. The molecule has 0 radical (unpaired) electrons. The zero-order valence-corrected chi connectivity index (χ0v) is 6.64. The predicted molar refractivity (Wildman–Crippen MR) is 43.9 cm³/mol. The van der Waals surface area contributed by atoms with Crippen molar-refractivity contribution in [3.63, 3.8) is 0 Å². The van der Waals surface area contributed by atoms with E-state index in [1.54, 1.807) is 0 Å². The first-order chi connectivity index (χ1) is 6.75. The van der Waals surface area contributed by atoms with E-state index in [1.807, 2.05) is 0 Å². The number of rotatable bonds is 1. The van der Waals surface area contributed by atoms with Crippen LogP contribution in [0.2, 0.25) is 0 Å². The van der Waals surface area contributed by atoms with Gasteiger partial charge in [0.15, 0.2) is 0 Å². The van der Waals surface area contributed by atoms with Gasteiger partial charge in [-0.25, -0.2) is 0 Å². The lowest BCUT2D eigenvalue weighted by atomic mass is 10.2. The third-order valence-corrected chi connectivity index (χ3v) is 1.68. The van der Waals surface area contributed by atoms with Gasteiger partial charge in [0, 0.05) is 23.7 Å². The second-order valence-electron chi connectivity index (χ2n) is 2.02. The fraction of sp³-hybridized carbons (Fsp3) is 0.375. The van der Waals surface area contributed by atoms with Gasteiger partial charge >= 0.3 is 0 Å². The lowest BCUT2D eigenvalue weighted by molar-refractivity contribution is 1.09. The molecule has 0 amide bonds. The quantitative estimate of drug-likeness (QED) is 0.683. The minimum atomic E-state index is -2.16. The normalized spacial score (nSPS) is 37.9. The summed E-state index contributed by atoms with van der Waals surface area (Å²) < 4.78 is 38.4. The second-order valence-corrected chi connectivity index (χ2v) is 2.93. The Labute approximate surface area is 75.6 Å². The number of halogens is 1. The van der Waals surface area contributed by atoms with Crippen LogP contribution in [0.25, 0.3) is 0 Å². The first kappa shape index (κ1) is 2.94. The van der Waals surface area contributed by atoms with Gasteiger partial charge in [0.2, 0.25) is 0 Å². The van der Waals surface area contributed by atoms with Crippen molar-refractivity contribution in [1.82, 2.24) is 4.98 Å². The molecule has 2 rings (SSSR count). The van der Waals surface area contributed by atoms with E-state index in [9.17, 15) is 0 Å². The number of hydrogen-bond acceptors (Lipinski definition) is 1. The van der Waals surface area contributed by atoms with Gasteiger partial charge in [0.25, 0.3) is 0 Å². The highest BCUT2D eigenvalue weighted by molar-refractivity contribution is 9.10. The van der Waals surface area contributed by atoms with E-state index in [-0.39, 0.29) is 5.56 Å². The molecule has 0 spiro atoms. The minimum Gasteiger partial charge on any atom is -0.263 e. The summed E-state index contributed by atoms with van der Waals surface area (Å²) in [6.07, 6.45) is -1.48. The smallest absolute Gasteiger partial charge is 0.0410 e. The lowest BCUT2D eigenvalue weighted by Gasteiger charge is -1.95. The largest absolute Gasteiger partial charge is 0.263 e. The van der Waals surface area contributed by atoms with E-state index in [1.165, 1.54) is 18.5 Å². The van der Waals surface area contributed by atoms with Crippen molar-refractivity contribution in [3.8, 4) is 0 Å². The Morgan fingerprint density at radius 2 is 2.50 bits per heavy atom. The summed E-state index contributed by atoms with van der Waals surface area (Å²) in [6, 6.07) is 1.53. The van der Waals surface area contributed by atoms with Crippen LogP contribution in [0, 0.1) is 0 Å². The molecule has 1 aromatic heterocycles. The molecule has 52 valence electrons. The molecule has 1 aliphatic rings. The van der Waals surface area contributed by atoms with Crippen molar-refractivity contribution in [2.45, 2.75) is 18.6 Å². The van der Waals surface area contributed by atoms with E-state index in [0.29, 0.717) is 4.47 Å². The molecule has 0 aromatic carbocycles. The standard InChI is InChI=1S/C8H8BrN/c9-8-3-7(4-10-5-8)6-1-2-6/h3-6H,1-2H2/i1D2,2D2,6D. The minimum absolute atomic E-state index is 0.256. The Morgan fingerprint density at radius 3 is 3.10 bits per heavy atom. The molecule has 2 heteroatoms. The summed E-state index contributed by atoms with van der Waals surface area (Å²) in [5.74, 6) is -1.85. The zero-order chi connectivity index (χ0) is 11.5. The Hall–Kier alpha value is -0.370. The van der Waals surface area contributed by atoms with Crippen LogP contribution in [0.1, 0.15) is 31.1 Å². The van der Waals surface area contributed by atoms with Crippen molar-refractivity contribution in [3.05, 3.63) is 28.5 Å². The maximum Gasteiger partial charge on any atom is 0.0410 e. The number of nitrogens with zero attached hydrogens (tertiary/aromatic N) is 1. The highest BCUT2D eigenvalue weighted by atomic mass is 79.9. The van der Waals surface area contributed by atoms with Crippen LogP contribution in [-0.4, -0.2) is 4.98 Å². The maximum atomic E-state index is 7.88. The van der Waals surface area contributed by atoms with Crippen LogP contribution in [0.4, 0.5) is 0 Å². The van der Waals surface area contributed by atoms with Crippen molar-refractivity contribution < 1.29 is 6.85 Å². The van der Waals surface area contributed by atoms with E-state index in [4.69, 9.17) is 6.85 Å². The molecular weight excluding hydrogens is 190 g/mol. The van der Waals surface area contributed by atoms with E-state index in [0.717, 1.165) is 0 Å². The van der Waals surface area contributed by atoms with Crippen molar-refractivity contribution >= 4 is 15.9 Å². The molecule has 0 saturated heterocycles. The van der Waals surface area contributed by atoms with Gasteiger partial charge in [0.05, 0.1) is 0 Å². The molecular formula is C8H8BrN. The van der Waals surface area contributed by atoms with E-state index in [2.05, 4.69) is 20.9 Å². The fourth-order valence-electron chi connectivity index (χ4n) is 0.724. The van der Waals surface area contributed by atoms with Gasteiger partial charge in [-0.15, -0.1) is 0 Å². The molecule has 10 heavy (non-hydrogen) atoms. The molecule has 0 atom stereocenters. The Morgan fingerprint density at radius 1 is 1.70 bits per heavy atom. The van der Waals surface area contributed by atoms with Crippen molar-refractivity contribution in [1.29, 1.82) is 0 Å². The zero-order valence-electron chi connectivity index (χ0n) is 10.1. The molecule has 1 heterocycles. The van der Waals surface area contributed by atoms with Crippen LogP contribution in [0.3, 0.4) is 0 Å². The lowest BCUT2D eigenvalue weighted by Crippen LogP contribution is -1.80. The highest BCUT2D eigenvalue weighted by Gasteiger charge is 2.23. The van der Waals surface area contributed by atoms with E-state index < -0.39 is 18.6 Å². The van der Waals surface area contributed by atoms with Crippen LogP contribution in [-0.2, 0) is 0 Å². The predicted octanol–water partition coefficient (Wildman–Crippen LogP) is 2.72.